The quantitative estimate of drug-likeness (QED) is 0.483. The number of hydrogen-bond donors (Lipinski definition) is 2. The van der Waals surface area contributed by atoms with E-state index in [1.165, 1.54) is 12.2 Å². The number of imide groups is 1. The van der Waals surface area contributed by atoms with E-state index in [1.807, 2.05) is 0 Å². The smallest absolute Gasteiger partial charge is 0.268 e. The number of amides is 2. The standard InChI is InChI=1S/C6H8N2O3/c9-4-3-7-8-5(10)1-2-6(8)11/h1-2,7,9H,3-4H2. The molecule has 0 aromatic rings. The maximum Gasteiger partial charge on any atom is 0.268 e. The minimum absolute atomic E-state index is 0.114. The lowest BCUT2D eigenvalue weighted by atomic mass is 10.6. The van der Waals surface area contributed by atoms with Crippen LogP contribution in [0.5, 0.6) is 0 Å². The van der Waals surface area contributed by atoms with Crippen LogP contribution in [-0.4, -0.2) is 35.1 Å². The Morgan fingerprint density at radius 2 is 1.91 bits per heavy atom. The normalized spacial score (nSPS) is 16.6. The Labute approximate surface area is 63.3 Å². The van der Waals surface area contributed by atoms with Crippen LogP contribution in [0.15, 0.2) is 12.2 Å². The van der Waals surface area contributed by atoms with Gasteiger partial charge in [-0.25, -0.2) is 10.4 Å². The molecule has 1 rings (SSSR count). The van der Waals surface area contributed by atoms with Gasteiger partial charge in [-0.2, -0.15) is 0 Å². The summed E-state index contributed by atoms with van der Waals surface area (Å²) in [6.45, 7) is 0.0796. The first-order chi connectivity index (χ1) is 5.25. The number of hydrogen-bond acceptors (Lipinski definition) is 4. The number of rotatable bonds is 3. The summed E-state index contributed by atoms with van der Waals surface area (Å²) in [6, 6.07) is 0. The first kappa shape index (κ1) is 7.90. The second-order valence-electron chi connectivity index (χ2n) is 1.98. The van der Waals surface area contributed by atoms with Gasteiger partial charge >= 0.3 is 0 Å². The minimum Gasteiger partial charge on any atom is -0.395 e. The number of carbonyl (C=O) groups excluding carboxylic acids is 2. The number of aliphatic hydroxyl groups excluding tert-OH is 1. The van der Waals surface area contributed by atoms with E-state index in [0.717, 1.165) is 5.01 Å². The van der Waals surface area contributed by atoms with E-state index in [1.54, 1.807) is 0 Å². The fourth-order valence-corrected chi connectivity index (χ4v) is 0.718. The summed E-state index contributed by atoms with van der Waals surface area (Å²) in [6.07, 6.45) is 2.35. The third-order valence-electron chi connectivity index (χ3n) is 1.19. The zero-order valence-corrected chi connectivity index (χ0v) is 5.78. The molecule has 1 aliphatic rings. The van der Waals surface area contributed by atoms with Gasteiger partial charge in [0.25, 0.3) is 11.8 Å². The maximum atomic E-state index is 10.8. The van der Waals surface area contributed by atoms with Crippen LogP contribution in [0.4, 0.5) is 0 Å². The molecule has 5 nitrogen and oxygen atoms in total. The predicted molar refractivity (Wildman–Crippen MR) is 36.1 cm³/mol. The fourth-order valence-electron chi connectivity index (χ4n) is 0.718. The van der Waals surface area contributed by atoms with E-state index < -0.39 is 11.8 Å². The third-order valence-corrected chi connectivity index (χ3v) is 1.19. The van der Waals surface area contributed by atoms with E-state index in [-0.39, 0.29) is 13.2 Å². The molecule has 0 atom stereocenters. The van der Waals surface area contributed by atoms with Gasteiger partial charge in [-0.3, -0.25) is 9.59 Å². The first-order valence-corrected chi connectivity index (χ1v) is 3.16. The van der Waals surface area contributed by atoms with E-state index in [0.29, 0.717) is 0 Å². The zero-order valence-electron chi connectivity index (χ0n) is 5.78. The molecule has 0 saturated heterocycles. The van der Waals surface area contributed by atoms with Crippen molar-refractivity contribution in [2.45, 2.75) is 0 Å². The van der Waals surface area contributed by atoms with Gasteiger partial charge in [-0.1, -0.05) is 0 Å². The van der Waals surface area contributed by atoms with Crippen molar-refractivity contribution in [3.05, 3.63) is 12.2 Å². The highest BCUT2D eigenvalue weighted by Gasteiger charge is 2.22. The molecule has 1 heterocycles. The molecule has 0 unspecified atom stereocenters. The highest BCUT2D eigenvalue weighted by Crippen LogP contribution is 1.97. The summed E-state index contributed by atoms with van der Waals surface area (Å²) >= 11 is 0. The van der Waals surface area contributed by atoms with Crippen LogP contribution in [0.2, 0.25) is 0 Å². The van der Waals surface area contributed by atoms with Crippen LogP contribution < -0.4 is 5.43 Å². The Morgan fingerprint density at radius 1 is 1.36 bits per heavy atom. The minimum atomic E-state index is -0.400. The molecule has 0 aromatic heterocycles. The van der Waals surface area contributed by atoms with Crippen molar-refractivity contribution in [2.24, 2.45) is 0 Å². The molecular formula is C6H8N2O3. The summed E-state index contributed by atoms with van der Waals surface area (Å²) in [7, 11) is 0. The van der Waals surface area contributed by atoms with Crippen molar-refractivity contribution in [1.82, 2.24) is 10.4 Å². The highest BCUT2D eigenvalue weighted by atomic mass is 16.3. The Bertz CT molecular complexity index is 194. The topological polar surface area (TPSA) is 69.6 Å². The van der Waals surface area contributed by atoms with Crippen molar-refractivity contribution in [1.29, 1.82) is 0 Å². The summed E-state index contributed by atoms with van der Waals surface area (Å²) in [4.78, 5) is 21.5. The van der Waals surface area contributed by atoms with Gasteiger partial charge in [0.15, 0.2) is 0 Å². The van der Waals surface area contributed by atoms with Crippen LogP contribution in [0.3, 0.4) is 0 Å². The number of aliphatic hydroxyl groups is 1. The van der Waals surface area contributed by atoms with Crippen molar-refractivity contribution >= 4 is 11.8 Å². The number of carbonyl (C=O) groups is 2. The molecular weight excluding hydrogens is 148 g/mol. The van der Waals surface area contributed by atoms with Crippen LogP contribution in [0.1, 0.15) is 0 Å². The Hall–Kier alpha value is -1.20. The van der Waals surface area contributed by atoms with Crippen molar-refractivity contribution in [2.75, 3.05) is 13.2 Å². The molecule has 60 valence electrons. The van der Waals surface area contributed by atoms with E-state index >= 15 is 0 Å². The molecule has 0 aliphatic carbocycles. The van der Waals surface area contributed by atoms with Crippen LogP contribution in [0, 0.1) is 0 Å². The van der Waals surface area contributed by atoms with Crippen LogP contribution in [0.25, 0.3) is 0 Å². The molecule has 0 aromatic carbocycles. The van der Waals surface area contributed by atoms with Gasteiger partial charge in [0.05, 0.1) is 6.61 Å². The molecule has 2 N–H and O–H groups in total. The Morgan fingerprint density at radius 3 is 2.36 bits per heavy atom. The number of nitrogens with one attached hydrogen (secondary N) is 1. The zero-order chi connectivity index (χ0) is 8.27. The van der Waals surface area contributed by atoms with Gasteiger partial charge in [-0.05, 0) is 0 Å². The summed E-state index contributed by atoms with van der Waals surface area (Å²) < 4.78 is 0. The van der Waals surface area contributed by atoms with Crippen molar-refractivity contribution in [3.63, 3.8) is 0 Å². The molecule has 1 aliphatic heterocycles. The van der Waals surface area contributed by atoms with Gasteiger partial charge in [0, 0.05) is 18.7 Å². The summed E-state index contributed by atoms with van der Waals surface area (Å²) in [5, 5.41) is 9.22. The van der Waals surface area contributed by atoms with Crippen LogP contribution >= 0.6 is 0 Å². The predicted octanol–water partition coefficient (Wildman–Crippen LogP) is -1.59. The lowest BCUT2D eigenvalue weighted by Gasteiger charge is -2.13. The number of nitrogens with zero attached hydrogens (tertiary/aromatic N) is 1. The molecule has 0 bridgehead atoms. The maximum absolute atomic E-state index is 10.8. The molecule has 0 spiro atoms. The first-order valence-electron chi connectivity index (χ1n) is 3.16. The molecule has 0 radical (unpaired) electrons. The highest BCUT2D eigenvalue weighted by molar-refractivity contribution is 6.12. The molecule has 11 heavy (non-hydrogen) atoms. The van der Waals surface area contributed by atoms with Gasteiger partial charge in [0.2, 0.25) is 0 Å². The van der Waals surface area contributed by atoms with Gasteiger partial charge in [-0.15, -0.1) is 0 Å². The molecule has 0 saturated carbocycles. The van der Waals surface area contributed by atoms with Crippen molar-refractivity contribution < 1.29 is 14.7 Å². The monoisotopic (exact) mass is 156 g/mol. The van der Waals surface area contributed by atoms with E-state index in [2.05, 4.69) is 5.43 Å². The van der Waals surface area contributed by atoms with Crippen molar-refractivity contribution in [3.8, 4) is 0 Å². The average molecular weight is 156 g/mol. The summed E-state index contributed by atoms with van der Waals surface area (Å²) in [5.41, 5.74) is 2.45. The second-order valence-corrected chi connectivity index (χ2v) is 1.98. The van der Waals surface area contributed by atoms with E-state index in [4.69, 9.17) is 5.11 Å². The van der Waals surface area contributed by atoms with Gasteiger partial charge in [0.1, 0.15) is 0 Å². The average Bonchev–Trinajstić information content (AvgIpc) is 2.29. The lowest BCUT2D eigenvalue weighted by molar-refractivity contribution is -0.140. The Kier molecular flexibility index (Phi) is 2.35. The van der Waals surface area contributed by atoms with E-state index in [9.17, 15) is 9.59 Å². The molecule has 5 heteroatoms. The largest absolute Gasteiger partial charge is 0.395 e. The second kappa shape index (κ2) is 3.27. The van der Waals surface area contributed by atoms with Gasteiger partial charge < -0.3 is 5.11 Å². The SMILES string of the molecule is O=C1C=CC(=O)N1NCCO. The fraction of sp³-hybridized carbons (Fsp3) is 0.333. The summed E-state index contributed by atoms with van der Waals surface area (Å²) in [5.74, 6) is -0.799. The molecule has 2 amide bonds. The molecule has 0 fully saturated rings. The Balaban J connectivity index is 2.46. The number of hydrazine groups is 1. The third kappa shape index (κ3) is 1.63. The lowest BCUT2D eigenvalue weighted by Crippen LogP contribution is -2.43. The van der Waals surface area contributed by atoms with Crippen LogP contribution in [-0.2, 0) is 9.59 Å².